The highest BCUT2D eigenvalue weighted by Crippen LogP contribution is 2.22. The molecule has 1 aromatic carbocycles. The highest BCUT2D eigenvalue weighted by Gasteiger charge is 2.15. The largest absolute Gasteiger partial charge is 0.299 e. The highest BCUT2D eigenvalue weighted by atomic mass is 15.3. The van der Waals surface area contributed by atoms with Crippen LogP contribution in [-0.2, 0) is 7.05 Å². The van der Waals surface area contributed by atoms with Crippen LogP contribution in [0.2, 0.25) is 0 Å². The van der Waals surface area contributed by atoms with Crippen molar-refractivity contribution in [1.82, 2.24) is 15.1 Å². The minimum atomic E-state index is -0.115. The summed E-state index contributed by atoms with van der Waals surface area (Å²) in [5.41, 5.74) is 2.04. The standard InChI is InChI=1S/C13H15N3/c1-4-11(14-5-2)13-10-8-6-7-9-12(10)16(3)15-13/h1,6-9,11,14H,5H2,2-3H3. The Hall–Kier alpha value is -1.79. The van der Waals surface area contributed by atoms with Gasteiger partial charge in [-0.25, -0.2) is 0 Å². The number of aryl methyl sites for hydroxylation is 1. The van der Waals surface area contributed by atoms with E-state index in [1.165, 1.54) is 0 Å². The van der Waals surface area contributed by atoms with E-state index in [1.807, 2.05) is 36.9 Å². The van der Waals surface area contributed by atoms with E-state index in [2.05, 4.69) is 22.4 Å². The van der Waals surface area contributed by atoms with Crippen LogP contribution in [0.25, 0.3) is 10.9 Å². The number of benzene rings is 1. The molecule has 1 unspecified atom stereocenters. The molecule has 2 rings (SSSR count). The Labute approximate surface area is 95.5 Å². The van der Waals surface area contributed by atoms with Crippen LogP contribution >= 0.6 is 0 Å². The van der Waals surface area contributed by atoms with Crippen LogP contribution in [-0.4, -0.2) is 16.3 Å². The maximum atomic E-state index is 5.53. The SMILES string of the molecule is C#CC(NCC)c1nn(C)c2ccccc12. The van der Waals surface area contributed by atoms with Gasteiger partial charge in [0.1, 0.15) is 6.04 Å². The van der Waals surface area contributed by atoms with Crippen molar-refractivity contribution in [2.75, 3.05) is 6.54 Å². The van der Waals surface area contributed by atoms with Crippen LogP contribution in [0.5, 0.6) is 0 Å². The first-order chi connectivity index (χ1) is 7.77. The van der Waals surface area contributed by atoms with Crippen molar-refractivity contribution >= 4 is 10.9 Å². The van der Waals surface area contributed by atoms with Gasteiger partial charge in [-0.1, -0.05) is 31.0 Å². The zero-order valence-electron chi connectivity index (χ0n) is 9.57. The quantitative estimate of drug-likeness (QED) is 0.789. The highest BCUT2D eigenvalue weighted by molar-refractivity contribution is 5.82. The van der Waals surface area contributed by atoms with E-state index < -0.39 is 0 Å². The minimum absolute atomic E-state index is 0.115. The number of aromatic nitrogens is 2. The monoisotopic (exact) mass is 213 g/mol. The summed E-state index contributed by atoms with van der Waals surface area (Å²) in [7, 11) is 1.94. The Morgan fingerprint density at radius 2 is 2.25 bits per heavy atom. The summed E-state index contributed by atoms with van der Waals surface area (Å²) in [5, 5.41) is 8.85. The molecule has 0 saturated heterocycles. The van der Waals surface area contributed by atoms with Crippen LogP contribution in [0.15, 0.2) is 24.3 Å². The molecule has 0 amide bonds. The minimum Gasteiger partial charge on any atom is -0.299 e. The molecule has 82 valence electrons. The molecule has 1 N–H and O–H groups in total. The number of rotatable bonds is 3. The van der Waals surface area contributed by atoms with Gasteiger partial charge in [0.15, 0.2) is 0 Å². The van der Waals surface area contributed by atoms with E-state index in [0.717, 1.165) is 23.1 Å². The molecule has 0 bridgehead atoms. The van der Waals surface area contributed by atoms with Gasteiger partial charge in [-0.3, -0.25) is 10.00 Å². The van der Waals surface area contributed by atoms with E-state index in [1.54, 1.807) is 0 Å². The first-order valence-corrected chi connectivity index (χ1v) is 5.39. The molecule has 0 radical (unpaired) electrons. The van der Waals surface area contributed by atoms with Gasteiger partial charge in [-0.2, -0.15) is 5.10 Å². The lowest BCUT2D eigenvalue weighted by Gasteiger charge is -2.08. The molecular formula is C13H15N3. The summed E-state index contributed by atoms with van der Waals surface area (Å²) in [6, 6.07) is 8.00. The Balaban J connectivity index is 2.56. The number of hydrogen-bond acceptors (Lipinski definition) is 2. The molecule has 16 heavy (non-hydrogen) atoms. The van der Waals surface area contributed by atoms with Crippen molar-refractivity contribution in [3.63, 3.8) is 0 Å². The number of terminal acetylenes is 1. The smallest absolute Gasteiger partial charge is 0.114 e. The lowest BCUT2D eigenvalue weighted by atomic mass is 10.1. The number of fused-ring (bicyclic) bond motifs is 1. The normalized spacial score (nSPS) is 12.6. The van der Waals surface area contributed by atoms with Crippen LogP contribution < -0.4 is 5.32 Å². The van der Waals surface area contributed by atoms with Gasteiger partial charge in [0.05, 0.1) is 11.2 Å². The van der Waals surface area contributed by atoms with Gasteiger partial charge in [0, 0.05) is 12.4 Å². The van der Waals surface area contributed by atoms with Gasteiger partial charge in [-0.05, 0) is 12.6 Å². The van der Waals surface area contributed by atoms with Gasteiger partial charge in [0.25, 0.3) is 0 Å². The predicted octanol–water partition coefficient (Wildman–Crippen LogP) is 1.86. The number of para-hydroxylation sites is 1. The molecule has 0 spiro atoms. The van der Waals surface area contributed by atoms with Crippen molar-refractivity contribution in [2.45, 2.75) is 13.0 Å². The lowest BCUT2D eigenvalue weighted by Crippen LogP contribution is -2.20. The molecule has 1 atom stereocenters. The van der Waals surface area contributed by atoms with Crippen molar-refractivity contribution in [1.29, 1.82) is 0 Å². The van der Waals surface area contributed by atoms with Gasteiger partial charge in [-0.15, -0.1) is 6.42 Å². The molecule has 0 aliphatic rings. The number of nitrogens with one attached hydrogen (secondary N) is 1. The topological polar surface area (TPSA) is 29.9 Å². The lowest BCUT2D eigenvalue weighted by molar-refractivity contribution is 0.633. The van der Waals surface area contributed by atoms with E-state index >= 15 is 0 Å². The maximum absolute atomic E-state index is 5.53. The van der Waals surface area contributed by atoms with E-state index in [4.69, 9.17) is 6.42 Å². The van der Waals surface area contributed by atoms with Crippen molar-refractivity contribution in [3.8, 4) is 12.3 Å². The second-order valence-electron chi connectivity index (χ2n) is 3.68. The third-order valence-corrected chi connectivity index (χ3v) is 2.63. The average Bonchev–Trinajstić information content (AvgIpc) is 2.65. The fourth-order valence-electron chi connectivity index (χ4n) is 1.89. The second-order valence-corrected chi connectivity index (χ2v) is 3.68. The third-order valence-electron chi connectivity index (χ3n) is 2.63. The summed E-state index contributed by atoms with van der Waals surface area (Å²) in [4.78, 5) is 0. The average molecular weight is 213 g/mol. The number of hydrogen-bond donors (Lipinski definition) is 1. The molecule has 1 heterocycles. The molecule has 0 aliphatic heterocycles. The first-order valence-electron chi connectivity index (χ1n) is 5.39. The summed E-state index contributed by atoms with van der Waals surface area (Å²) < 4.78 is 1.87. The summed E-state index contributed by atoms with van der Waals surface area (Å²) >= 11 is 0. The van der Waals surface area contributed by atoms with Crippen LogP contribution in [0.3, 0.4) is 0 Å². The Morgan fingerprint density at radius 1 is 1.50 bits per heavy atom. The van der Waals surface area contributed by atoms with Gasteiger partial charge < -0.3 is 0 Å². The molecular weight excluding hydrogens is 198 g/mol. The molecule has 0 fully saturated rings. The molecule has 0 aliphatic carbocycles. The Kier molecular flexibility index (Phi) is 2.93. The molecule has 0 saturated carbocycles. The summed E-state index contributed by atoms with van der Waals surface area (Å²) in [6.07, 6.45) is 5.53. The first kappa shape index (κ1) is 10.7. The van der Waals surface area contributed by atoms with Gasteiger partial charge in [0.2, 0.25) is 0 Å². The van der Waals surface area contributed by atoms with E-state index in [9.17, 15) is 0 Å². The third kappa shape index (κ3) is 1.68. The molecule has 3 nitrogen and oxygen atoms in total. The maximum Gasteiger partial charge on any atom is 0.114 e. The van der Waals surface area contributed by atoms with Crippen LogP contribution in [0.4, 0.5) is 0 Å². The fraction of sp³-hybridized carbons (Fsp3) is 0.308. The van der Waals surface area contributed by atoms with Crippen LogP contribution in [0.1, 0.15) is 18.7 Å². The van der Waals surface area contributed by atoms with Crippen molar-refractivity contribution in [2.24, 2.45) is 7.05 Å². The molecule has 3 heteroatoms. The Bertz CT molecular complexity index is 534. The Morgan fingerprint density at radius 3 is 2.94 bits per heavy atom. The van der Waals surface area contributed by atoms with E-state index in [0.29, 0.717) is 0 Å². The van der Waals surface area contributed by atoms with E-state index in [-0.39, 0.29) is 6.04 Å². The summed E-state index contributed by atoms with van der Waals surface area (Å²) in [6.45, 7) is 2.87. The second kappa shape index (κ2) is 4.38. The van der Waals surface area contributed by atoms with Gasteiger partial charge >= 0.3 is 0 Å². The molecule has 1 aromatic heterocycles. The zero-order valence-corrected chi connectivity index (χ0v) is 9.57. The van der Waals surface area contributed by atoms with Crippen molar-refractivity contribution < 1.29 is 0 Å². The zero-order chi connectivity index (χ0) is 11.5. The van der Waals surface area contributed by atoms with Crippen molar-refractivity contribution in [3.05, 3.63) is 30.0 Å². The summed E-state index contributed by atoms with van der Waals surface area (Å²) in [5.74, 6) is 2.74. The van der Waals surface area contributed by atoms with Crippen LogP contribution in [0, 0.1) is 12.3 Å². The fourth-order valence-corrected chi connectivity index (χ4v) is 1.89. The molecule has 2 aromatic rings. The number of nitrogens with zero attached hydrogens (tertiary/aromatic N) is 2. The predicted molar refractivity (Wildman–Crippen MR) is 66.0 cm³/mol.